The molecule has 0 aliphatic carbocycles. The summed E-state index contributed by atoms with van der Waals surface area (Å²) in [5.74, 6) is 0.571. The average Bonchev–Trinajstić information content (AvgIpc) is 2.05. The standard InChI is InChI=1S/C10H12N2.ClH/c1-9(11)12-8-7-10-5-3-2-4-6-10;/h2-8H,1H3,(H2,11,12);1H. The summed E-state index contributed by atoms with van der Waals surface area (Å²) in [6.45, 7) is 1.76. The van der Waals surface area contributed by atoms with Crippen LogP contribution in [0.1, 0.15) is 12.5 Å². The molecular formula is C10H13ClN2. The van der Waals surface area contributed by atoms with E-state index in [-0.39, 0.29) is 12.4 Å². The molecule has 2 nitrogen and oxygen atoms in total. The fraction of sp³-hybridized carbons (Fsp3) is 0.100. The number of benzene rings is 1. The monoisotopic (exact) mass is 196 g/mol. The third-order valence-electron chi connectivity index (χ3n) is 1.34. The first-order valence-electron chi connectivity index (χ1n) is 3.80. The Morgan fingerprint density at radius 1 is 1.31 bits per heavy atom. The molecule has 1 aromatic rings. The number of aliphatic imine (C=N–C) groups is 1. The van der Waals surface area contributed by atoms with Gasteiger partial charge in [0.2, 0.25) is 0 Å². The Labute approximate surface area is 84.6 Å². The minimum absolute atomic E-state index is 0. The predicted octanol–water partition coefficient (Wildman–Crippen LogP) is 2.46. The second-order valence-electron chi connectivity index (χ2n) is 2.50. The van der Waals surface area contributed by atoms with E-state index in [1.165, 1.54) is 0 Å². The van der Waals surface area contributed by atoms with Gasteiger partial charge in [0.15, 0.2) is 0 Å². The van der Waals surface area contributed by atoms with Gasteiger partial charge in [-0.15, -0.1) is 12.4 Å². The largest absolute Gasteiger partial charge is 0.387 e. The fourth-order valence-electron chi connectivity index (χ4n) is 0.805. The average molecular weight is 197 g/mol. The van der Waals surface area contributed by atoms with Crippen LogP contribution in [0.3, 0.4) is 0 Å². The molecular weight excluding hydrogens is 184 g/mol. The molecule has 0 aliphatic rings. The molecule has 0 fully saturated rings. The molecule has 13 heavy (non-hydrogen) atoms. The summed E-state index contributed by atoms with van der Waals surface area (Å²) in [4.78, 5) is 3.93. The van der Waals surface area contributed by atoms with Gasteiger partial charge < -0.3 is 5.73 Å². The Morgan fingerprint density at radius 2 is 1.92 bits per heavy atom. The Morgan fingerprint density at radius 3 is 2.46 bits per heavy atom. The molecule has 0 atom stereocenters. The van der Waals surface area contributed by atoms with Crippen LogP contribution in [0.5, 0.6) is 0 Å². The van der Waals surface area contributed by atoms with Crippen LogP contribution >= 0.6 is 12.4 Å². The normalized spacial score (nSPS) is 11.3. The third-order valence-corrected chi connectivity index (χ3v) is 1.34. The molecule has 0 saturated heterocycles. The van der Waals surface area contributed by atoms with Crippen molar-refractivity contribution in [1.82, 2.24) is 0 Å². The number of nitrogens with zero attached hydrogens (tertiary/aromatic N) is 1. The molecule has 3 heteroatoms. The fourth-order valence-corrected chi connectivity index (χ4v) is 0.805. The van der Waals surface area contributed by atoms with Gasteiger partial charge in [0.1, 0.15) is 0 Å². The zero-order valence-corrected chi connectivity index (χ0v) is 8.29. The van der Waals surface area contributed by atoms with Crippen molar-refractivity contribution in [3.05, 3.63) is 42.1 Å². The van der Waals surface area contributed by atoms with Crippen LogP contribution in [-0.4, -0.2) is 5.84 Å². The van der Waals surface area contributed by atoms with Crippen molar-refractivity contribution in [3.8, 4) is 0 Å². The van der Waals surface area contributed by atoms with E-state index in [1.807, 2.05) is 36.4 Å². The molecule has 0 radical (unpaired) electrons. The molecule has 0 unspecified atom stereocenters. The summed E-state index contributed by atoms with van der Waals surface area (Å²) in [5.41, 5.74) is 6.48. The van der Waals surface area contributed by atoms with E-state index in [0.29, 0.717) is 5.84 Å². The van der Waals surface area contributed by atoms with Crippen molar-refractivity contribution >= 4 is 24.3 Å². The maximum Gasteiger partial charge on any atom is 0.0957 e. The lowest BCUT2D eigenvalue weighted by Crippen LogP contribution is -2.03. The lowest BCUT2D eigenvalue weighted by atomic mass is 10.2. The quantitative estimate of drug-likeness (QED) is 0.573. The van der Waals surface area contributed by atoms with Crippen molar-refractivity contribution in [1.29, 1.82) is 0 Å². The first-order chi connectivity index (χ1) is 5.79. The Balaban J connectivity index is 0.00000144. The minimum Gasteiger partial charge on any atom is -0.387 e. The SMILES string of the molecule is CC(N)=NC=Cc1ccccc1.Cl. The van der Waals surface area contributed by atoms with E-state index in [2.05, 4.69) is 4.99 Å². The molecule has 1 aromatic carbocycles. The number of hydrogen-bond donors (Lipinski definition) is 1. The van der Waals surface area contributed by atoms with Crippen LogP contribution in [0.4, 0.5) is 0 Å². The van der Waals surface area contributed by atoms with Crippen molar-refractivity contribution in [2.45, 2.75) is 6.92 Å². The van der Waals surface area contributed by atoms with Crippen molar-refractivity contribution in [2.24, 2.45) is 10.7 Å². The van der Waals surface area contributed by atoms with Gasteiger partial charge in [0.05, 0.1) is 5.84 Å². The molecule has 0 aromatic heterocycles. The molecule has 0 aliphatic heterocycles. The first-order valence-corrected chi connectivity index (χ1v) is 3.80. The zero-order valence-electron chi connectivity index (χ0n) is 7.47. The summed E-state index contributed by atoms with van der Waals surface area (Å²) >= 11 is 0. The summed E-state index contributed by atoms with van der Waals surface area (Å²) < 4.78 is 0. The van der Waals surface area contributed by atoms with E-state index >= 15 is 0 Å². The molecule has 0 bridgehead atoms. The molecule has 0 amide bonds. The highest BCUT2D eigenvalue weighted by molar-refractivity contribution is 5.85. The highest BCUT2D eigenvalue weighted by Gasteiger charge is 1.80. The second kappa shape index (κ2) is 6.26. The summed E-state index contributed by atoms with van der Waals surface area (Å²) in [7, 11) is 0. The molecule has 0 heterocycles. The predicted molar refractivity (Wildman–Crippen MR) is 60.0 cm³/mol. The van der Waals surface area contributed by atoms with Crippen molar-refractivity contribution in [3.63, 3.8) is 0 Å². The number of halogens is 1. The number of hydrogen-bond acceptors (Lipinski definition) is 1. The van der Waals surface area contributed by atoms with Crippen LogP contribution < -0.4 is 5.73 Å². The smallest absolute Gasteiger partial charge is 0.0957 e. The minimum atomic E-state index is 0. The van der Waals surface area contributed by atoms with E-state index in [9.17, 15) is 0 Å². The van der Waals surface area contributed by atoms with Gasteiger partial charge in [0, 0.05) is 6.20 Å². The lowest BCUT2D eigenvalue weighted by molar-refractivity contribution is 1.48. The second-order valence-corrected chi connectivity index (χ2v) is 2.50. The number of amidine groups is 1. The molecule has 0 spiro atoms. The van der Waals surface area contributed by atoms with Crippen LogP contribution in [0.25, 0.3) is 6.08 Å². The van der Waals surface area contributed by atoms with Gasteiger partial charge >= 0.3 is 0 Å². The van der Waals surface area contributed by atoms with Gasteiger partial charge in [-0.25, -0.2) is 4.99 Å². The number of rotatable bonds is 2. The first kappa shape index (κ1) is 11.7. The highest BCUT2D eigenvalue weighted by atomic mass is 35.5. The molecule has 2 N–H and O–H groups in total. The Bertz CT molecular complexity index is 287. The maximum absolute atomic E-state index is 5.36. The van der Waals surface area contributed by atoms with E-state index in [1.54, 1.807) is 13.1 Å². The molecule has 0 saturated carbocycles. The Kier molecular flexibility index (Phi) is 5.64. The molecule has 1 rings (SSSR count). The zero-order chi connectivity index (χ0) is 8.81. The topological polar surface area (TPSA) is 38.4 Å². The number of nitrogens with two attached hydrogens (primary N) is 1. The van der Waals surface area contributed by atoms with Crippen LogP contribution in [0.2, 0.25) is 0 Å². The van der Waals surface area contributed by atoms with Gasteiger partial charge in [0.25, 0.3) is 0 Å². The van der Waals surface area contributed by atoms with E-state index in [0.717, 1.165) is 5.56 Å². The Hall–Kier alpha value is -1.28. The van der Waals surface area contributed by atoms with Crippen molar-refractivity contribution in [2.75, 3.05) is 0 Å². The molecule has 70 valence electrons. The summed E-state index contributed by atoms with van der Waals surface area (Å²) in [6, 6.07) is 9.97. The third kappa shape index (κ3) is 5.04. The van der Waals surface area contributed by atoms with E-state index in [4.69, 9.17) is 5.73 Å². The van der Waals surface area contributed by atoms with Crippen LogP contribution in [-0.2, 0) is 0 Å². The summed E-state index contributed by atoms with van der Waals surface area (Å²) in [5, 5.41) is 0. The van der Waals surface area contributed by atoms with Crippen LogP contribution in [0, 0.1) is 0 Å². The van der Waals surface area contributed by atoms with Crippen LogP contribution in [0.15, 0.2) is 41.5 Å². The van der Waals surface area contributed by atoms with Gasteiger partial charge in [-0.2, -0.15) is 0 Å². The van der Waals surface area contributed by atoms with Gasteiger partial charge in [-0.3, -0.25) is 0 Å². The van der Waals surface area contributed by atoms with Gasteiger partial charge in [-0.1, -0.05) is 30.3 Å². The summed E-state index contributed by atoms with van der Waals surface area (Å²) in [6.07, 6.45) is 3.61. The van der Waals surface area contributed by atoms with Crippen molar-refractivity contribution < 1.29 is 0 Å². The van der Waals surface area contributed by atoms with E-state index < -0.39 is 0 Å². The highest BCUT2D eigenvalue weighted by Crippen LogP contribution is 2.00. The lowest BCUT2D eigenvalue weighted by Gasteiger charge is -1.88. The van der Waals surface area contributed by atoms with Gasteiger partial charge in [-0.05, 0) is 18.6 Å². The maximum atomic E-state index is 5.36.